The van der Waals surface area contributed by atoms with Gasteiger partial charge in [0.25, 0.3) is 0 Å². The standard InChI is InChI=1S/C12H18N4S/c1-8-12(4-5-13)9(2)16(15-8)6-11-7-17-10(3)14-11/h7H,4-6,13H2,1-3H3. The molecule has 2 aromatic rings. The first-order valence-corrected chi connectivity index (χ1v) is 6.63. The second-order valence-corrected chi connectivity index (χ2v) is 5.27. The van der Waals surface area contributed by atoms with Crippen LogP contribution in [0, 0.1) is 20.8 Å². The summed E-state index contributed by atoms with van der Waals surface area (Å²) >= 11 is 1.68. The number of aryl methyl sites for hydroxylation is 2. The van der Waals surface area contributed by atoms with Crippen LogP contribution in [-0.2, 0) is 13.0 Å². The van der Waals surface area contributed by atoms with E-state index in [1.807, 2.05) is 18.5 Å². The van der Waals surface area contributed by atoms with E-state index < -0.39 is 0 Å². The normalized spacial score (nSPS) is 11.1. The summed E-state index contributed by atoms with van der Waals surface area (Å²) in [5.74, 6) is 0. The van der Waals surface area contributed by atoms with Crippen molar-refractivity contribution < 1.29 is 0 Å². The molecule has 4 nitrogen and oxygen atoms in total. The maximum atomic E-state index is 5.62. The molecule has 0 aliphatic carbocycles. The maximum absolute atomic E-state index is 5.62. The van der Waals surface area contributed by atoms with E-state index in [-0.39, 0.29) is 0 Å². The van der Waals surface area contributed by atoms with Crippen molar-refractivity contribution in [3.05, 3.63) is 33.0 Å². The van der Waals surface area contributed by atoms with Crippen LogP contribution in [-0.4, -0.2) is 21.3 Å². The van der Waals surface area contributed by atoms with Gasteiger partial charge < -0.3 is 5.73 Å². The molecule has 17 heavy (non-hydrogen) atoms. The quantitative estimate of drug-likeness (QED) is 0.900. The molecule has 0 unspecified atom stereocenters. The van der Waals surface area contributed by atoms with Gasteiger partial charge in [0.15, 0.2) is 0 Å². The zero-order chi connectivity index (χ0) is 12.4. The molecule has 2 rings (SSSR count). The minimum absolute atomic E-state index is 0.670. The highest BCUT2D eigenvalue weighted by Gasteiger charge is 2.11. The average molecular weight is 250 g/mol. The highest BCUT2D eigenvalue weighted by molar-refractivity contribution is 7.09. The van der Waals surface area contributed by atoms with Gasteiger partial charge in [0.1, 0.15) is 0 Å². The fourth-order valence-corrected chi connectivity index (χ4v) is 2.63. The molecule has 0 aliphatic heterocycles. The van der Waals surface area contributed by atoms with Crippen molar-refractivity contribution in [1.82, 2.24) is 14.8 Å². The van der Waals surface area contributed by atoms with E-state index in [9.17, 15) is 0 Å². The Morgan fingerprint density at radius 3 is 2.71 bits per heavy atom. The minimum Gasteiger partial charge on any atom is -0.330 e. The largest absolute Gasteiger partial charge is 0.330 e. The molecule has 0 saturated heterocycles. The van der Waals surface area contributed by atoms with Crippen LogP contribution in [0.15, 0.2) is 5.38 Å². The Kier molecular flexibility index (Phi) is 3.59. The van der Waals surface area contributed by atoms with Crippen LogP contribution in [0.2, 0.25) is 0 Å². The molecule has 2 N–H and O–H groups in total. The number of hydrogen-bond acceptors (Lipinski definition) is 4. The van der Waals surface area contributed by atoms with Gasteiger partial charge >= 0.3 is 0 Å². The molecular formula is C12H18N4S. The van der Waals surface area contributed by atoms with Gasteiger partial charge in [-0.15, -0.1) is 11.3 Å². The van der Waals surface area contributed by atoms with Gasteiger partial charge in [-0.25, -0.2) is 4.98 Å². The lowest BCUT2D eigenvalue weighted by molar-refractivity contribution is 0.647. The van der Waals surface area contributed by atoms with Gasteiger partial charge in [0, 0.05) is 11.1 Å². The Morgan fingerprint density at radius 1 is 1.35 bits per heavy atom. The minimum atomic E-state index is 0.670. The van der Waals surface area contributed by atoms with Crippen molar-refractivity contribution in [1.29, 1.82) is 0 Å². The van der Waals surface area contributed by atoms with Crippen LogP contribution in [0.25, 0.3) is 0 Å². The summed E-state index contributed by atoms with van der Waals surface area (Å²) in [6, 6.07) is 0. The highest BCUT2D eigenvalue weighted by Crippen LogP contribution is 2.16. The lowest BCUT2D eigenvalue weighted by Gasteiger charge is -2.02. The monoisotopic (exact) mass is 250 g/mol. The summed E-state index contributed by atoms with van der Waals surface area (Å²) in [7, 11) is 0. The van der Waals surface area contributed by atoms with E-state index in [1.54, 1.807) is 11.3 Å². The zero-order valence-corrected chi connectivity index (χ0v) is 11.3. The lowest BCUT2D eigenvalue weighted by atomic mass is 10.1. The summed E-state index contributed by atoms with van der Waals surface area (Å²) < 4.78 is 2.02. The molecule has 2 heterocycles. The van der Waals surface area contributed by atoms with Gasteiger partial charge in [-0.2, -0.15) is 5.10 Å². The van der Waals surface area contributed by atoms with Crippen molar-refractivity contribution in [2.45, 2.75) is 33.7 Å². The van der Waals surface area contributed by atoms with Crippen LogP contribution in [0.3, 0.4) is 0 Å². The first kappa shape index (κ1) is 12.3. The smallest absolute Gasteiger partial charge is 0.0898 e. The SMILES string of the molecule is Cc1nc(Cn2nc(C)c(CCN)c2C)cs1. The number of rotatable bonds is 4. The molecule has 0 aromatic carbocycles. The molecule has 0 radical (unpaired) electrons. The maximum Gasteiger partial charge on any atom is 0.0898 e. The molecule has 0 fully saturated rings. The zero-order valence-electron chi connectivity index (χ0n) is 10.5. The third-order valence-electron chi connectivity index (χ3n) is 2.90. The molecule has 2 aromatic heterocycles. The topological polar surface area (TPSA) is 56.7 Å². The van der Waals surface area contributed by atoms with Crippen molar-refractivity contribution in [2.24, 2.45) is 5.73 Å². The van der Waals surface area contributed by atoms with E-state index in [4.69, 9.17) is 5.73 Å². The Bertz CT molecular complexity index is 513. The Morgan fingerprint density at radius 2 is 2.12 bits per heavy atom. The first-order valence-electron chi connectivity index (χ1n) is 5.75. The second kappa shape index (κ2) is 4.98. The molecule has 0 atom stereocenters. The van der Waals surface area contributed by atoms with E-state index >= 15 is 0 Å². The van der Waals surface area contributed by atoms with E-state index in [2.05, 4.69) is 22.4 Å². The molecule has 92 valence electrons. The molecule has 0 spiro atoms. The average Bonchev–Trinajstić information content (AvgIpc) is 2.79. The second-order valence-electron chi connectivity index (χ2n) is 4.20. The van der Waals surface area contributed by atoms with Crippen LogP contribution in [0.5, 0.6) is 0 Å². The predicted octanol–water partition coefficient (Wildman–Crippen LogP) is 1.81. The molecule has 0 aliphatic rings. The van der Waals surface area contributed by atoms with E-state index in [0.29, 0.717) is 6.54 Å². The summed E-state index contributed by atoms with van der Waals surface area (Å²) in [5, 5.41) is 7.75. The number of nitrogens with two attached hydrogens (primary N) is 1. The van der Waals surface area contributed by atoms with Crippen LogP contribution < -0.4 is 5.73 Å². The predicted molar refractivity (Wildman–Crippen MR) is 70.4 cm³/mol. The van der Waals surface area contributed by atoms with Gasteiger partial charge in [-0.1, -0.05) is 0 Å². The molecule has 5 heteroatoms. The third kappa shape index (κ3) is 2.56. The fraction of sp³-hybridized carbons (Fsp3) is 0.500. The summed E-state index contributed by atoms with van der Waals surface area (Å²) in [4.78, 5) is 4.46. The van der Waals surface area contributed by atoms with E-state index in [0.717, 1.165) is 29.4 Å². The van der Waals surface area contributed by atoms with Gasteiger partial charge in [0.2, 0.25) is 0 Å². The first-order chi connectivity index (χ1) is 8.11. The van der Waals surface area contributed by atoms with Gasteiger partial charge in [-0.05, 0) is 39.3 Å². The number of hydrogen-bond donors (Lipinski definition) is 1. The molecule has 0 amide bonds. The van der Waals surface area contributed by atoms with Crippen LogP contribution in [0.1, 0.15) is 27.7 Å². The molecule has 0 saturated carbocycles. The van der Waals surface area contributed by atoms with Crippen molar-refractivity contribution in [3.63, 3.8) is 0 Å². The van der Waals surface area contributed by atoms with Crippen molar-refractivity contribution in [2.75, 3.05) is 6.54 Å². The Balaban J connectivity index is 2.24. The molecular weight excluding hydrogens is 232 g/mol. The number of thiazole rings is 1. The van der Waals surface area contributed by atoms with Gasteiger partial charge in [-0.3, -0.25) is 4.68 Å². The Hall–Kier alpha value is -1.20. The van der Waals surface area contributed by atoms with Crippen LogP contribution in [0.4, 0.5) is 0 Å². The van der Waals surface area contributed by atoms with Gasteiger partial charge in [0.05, 0.1) is 22.9 Å². The van der Waals surface area contributed by atoms with Crippen molar-refractivity contribution >= 4 is 11.3 Å². The summed E-state index contributed by atoms with van der Waals surface area (Å²) in [6.07, 6.45) is 0.897. The lowest BCUT2D eigenvalue weighted by Crippen LogP contribution is -2.07. The third-order valence-corrected chi connectivity index (χ3v) is 3.73. The summed E-state index contributed by atoms with van der Waals surface area (Å²) in [5.41, 5.74) is 10.3. The summed E-state index contributed by atoms with van der Waals surface area (Å²) in [6.45, 7) is 7.59. The molecule has 0 bridgehead atoms. The van der Waals surface area contributed by atoms with E-state index in [1.165, 1.54) is 11.3 Å². The van der Waals surface area contributed by atoms with Crippen molar-refractivity contribution in [3.8, 4) is 0 Å². The Labute approximate surface area is 105 Å². The van der Waals surface area contributed by atoms with Crippen LogP contribution >= 0.6 is 11.3 Å². The number of aromatic nitrogens is 3. The highest BCUT2D eigenvalue weighted by atomic mass is 32.1. The fourth-order valence-electron chi connectivity index (χ4n) is 2.03. The number of nitrogens with zero attached hydrogens (tertiary/aromatic N) is 3.